The summed E-state index contributed by atoms with van der Waals surface area (Å²) in [6.45, 7) is 6.60. The molecule has 0 spiro atoms. The van der Waals surface area contributed by atoms with Gasteiger partial charge >= 0.3 is 0 Å². The van der Waals surface area contributed by atoms with E-state index in [0.717, 1.165) is 22.6 Å². The molecule has 1 aliphatic heterocycles. The Kier molecular flexibility index (Phi) is 5.84. The Balaban J connectivity index is 1.54. The molecule has 0 aliphatic carbocycles. The molecule has 3 aromatic carbocycles. The lowest BCUT2D eigenvalue weighted by atomic mass is 10.1. The van der Waals surface area contributed by atoms with Gasteiger partial charge in [-0.2, -0.15) is 0 Å². The van der Waals surface area contributed by atoms with Crippen LogP contribution in [0.5, 0.6) is 0 Å². The molecule has 0 atom stereocenters. The zero-order valence-corrected chi connectivity index (χ0v) is 20.1. The summed E-state index contributed by atoms with van der Waals surface area (Å²) < 4.78 is 15.5. The molecule has 4 aromatic rings. The summed E-state index contributed by atoms with van der Waals surface area (Å²) in [5, 5.41) is 2.98. The van der Waals surface area contributed by atoms with E-state index < -0.39 is 0 Å². The first-order chi connectivity index (χ1) is 16.5. The highest BCUT2D eigenvalue weighted by atomic mass is 32.2. The summed E-state index contributed by atoms with van der Waals surface area (Å²) in [5.41, 5.74) is 4.91. The van der Waals surface area contributed by atoms with E-state index in [1.54, 1.807) is 17.0 Å². The number of halogens is 1. The summed E-state index contributed by atoms with van der Waals surface area (Å²) in [6, 6.07) is 22.7. The molecule has 34 heavy (non-hydrogen) atoms. The van der Waals surface area contributed by atoms with Crippen LogP contribution in [-0.2, 0) is 4.79 Å². The molecular weight excluding hydrogens is 445 g/mol. The number of fused-ring (bicyclic) bond motifs is 1. The van der Waals surface area contributed by atoms with Gasteiger partial charge in [-0.1, -0.05) is 36.4 Å². The van der Waals surface area contributed by atoms with Crippen LogP contribution in [0.1, 0.15) is 23.9 Å². The lowest BCUT2D eigenvalue weighted by molar-refractivity contribution is -0.122. The second-order valence-corrected chi connectivity index (χ2v) is 9.20. The number of benzene rings is 3. The van der Waals surface area contributed by atoms with Crippen LogP contribution in [0.25, 0.3) is 22.5 Å². The monoisotopic (exact) mass is 469 g/mol. The molecule has 0 radical (unpaired) electrons. The Hall–Kier alpha value is -3.64. The zero-order valence-electron chi connectivity index (χ0n) is 19.2. The number of amidine groups is 1. The van der Waals surface area contributed by atoms with Gasteiger partial charge in [0.25, 0.3) is 5.91 Å². The van der Waals surface area contributed by atoms with Crippen LogP contribution in [0, 0.1) is 19.7 Å². The standard InChI is InChI=1S/C28H24FN3OS/c1-4-31-27(33)26(34-28(31)30-23-14-12-22(29)13-15-23)17-21-16-18(2)32(19(21)3)25-11-7-9-20-8-5-6-10-24(20)25/h5-17H,4H2,1-3H3/b26-17+,30-28?. The van der Waals surface area contributed by atoms with Crippen molar-refractivity contribution < 1.29 is 9.18 Å². The molecule has 5 rings (SSSR count). The van der Waals surface area contributed by atoms with Crippen LogP contribution in [0.15, 0.2) is 82.7 Å². The topological polar surface area (TPSA) is 37.6 Å². The lowest BCUT2D eigenvalue weighted by Gasteiger charge is -2.13. The van der Waals surface area contributed by atoms with Gasteiger partial charge in [-0.25, -0.2) is 9.38 Å². The van der Waals surface area contributed by atoms with E-state index >= 15 is 0 Å². The molecule has 0 N–H and O–H groups in total. The van der Waals surface area contributed by atoms with E-state index in [2.05, 4.69) is 65.9 Å². The Bertz CT molecular complexity index is 1460. The molecule has 2 heterocycles. The number of aliphatic imine (C=N–C) groups is 1. The number of likely N-dealkylation sites (N-methyl/N-ethyl adjacent to an activating group) is 1. The van der Waals surface area contributed by atoms with Crippen molar-refractivity contribution in [1.29, 1.82) is 0 Å². The van der Waals surface area contributed by atoms with Crippen LogP contribution in [-0.4, -0.2) is 27.1 Å². The SMILES string of the molecule is CCN1C(=O)/C(=C\c2cc(C)n(-c3cccc4ccccc34)c2C)SC1=Nc1ccc(F)cc1. The molecule has 1 saturated heterocycles. The number of thioether (sulfide) groups is 1. The van der Waals surface area contributed by atoms with Crippen molar-refractivity contribution in [1.82, 2.24) is 9.47 Å². The van der Waals surface area contributed by atoms with Crippen LogP contribution < -0.4 is 0 Å². The molecule has 0 bridgehead atoms. The molecule has 6 heteroatoms. The molecular formula is C28H24FN3OS. The molecule has 0 unspecified atom stereocenters. The van der Waals surface area contributed by atoms with Crippen molar-refractivity contribution in [2.75, 3.05) is 6.54 Å². The molecule has 1 fully saturated rings. The Morgan fingerprint density at radius 2 is 1.74 bits per heavy atom. The number of rotatable bonds is 4. The van der Waals surface area contributed by atoms with Crippen LogP contribution in [0.2, 0.25) is 0 Å². The fourth-order valence-corrected chi connectivity index (χ4v) is 5.40. The molecule has 0 saturated carbocycles. The van der Waals surface area contributed by atoms with Crippen LogP contribution in [0.4, 0.5) is 10.1 Å². The maximum Gasteiger partial charge on any atom is 0.266 e. The summed E-state index contributed by atoms with van der Waals surface area (Å²) in [7, 11) is 0. The van der Waals surface area contributed by atoms with Gasteiger partial charge in [-0.15, -0.1) is 0 Å². The zero-order chi connectivity index (χ0) is 23.8. The minimum Gasteiger partial charge on any atom is -0.317 e. The lowest BCUT2D eigenvalue weighted by Crippen LogP contribution is -2.28. The first-order valence-electron chi connectivity index (χ1n) is 11.2. The van der Waals surface area contributed by atoms with Crippen molar-refractivity contribution in [2.45, 2.75) is 20.8 Å². The second kappa shape index (κ2) is 8.95. The molecule has 170 valence electrons. The fraction of sp³-hybridized carbons (Fsp3) is 0.143. The number of aromatic nitrogens is 1. The van der Waals surface area contributed by atoms with Gasteiger partial charge in [-0.05, 0) is 86.0 Å². The van der Waals surface area contributed by atoms with Gasteiger partial charge < -0.3 is 4.57 Å². The minimum atomic E-state index is -0.311. The number of hydrogen-bond donors (Lipinski definition) is 0. The van der Waals surface area contributed by atoms with Crippen molar-refractivity contribution in [3.05, 3.63) is 100 Å². The van der Waals surface area contributed by atoms with Gasteiger partial charge in [0, 0.05) is 23.3 Å². The third-order valence-corrected chi connectivity index (χ3v) is 7.03. The number of carbonyl (C=O) groups is 1. The van der Waals surface area contributed by atoms with E-state index in [-0.39, 0.29) is 11.7 Å². The summed E-state index contributed by atoms with van der Waals surface area (Å²) in [5.74, 6) is -0.378. The Morgan fingerprint density at radius 1 is 1.00 bits per heavy atom. The summed E-state index contributed by atoms with van der Waals surface area (Å²) >= 11 is 1.35. The first-order valence-corrected chi connectivity index (χ1v) is 12.0. The Labute approximate surface area is 202 Å². The summed E-state index contributed by atoms with van der Waals surface area (Å²) in [4.78, 5) is 20.0. The van der Waals surface area contributed by atoms with Crippen molar-refractivity contribution in [3.8, 4) is 5.69 Å². The van der Waals surface area contributed by atoms with E-state index in [0.29, 0.717) is 22.3 Å². The van der Waals surface area contributed by atoms with E-state index in [9.17, 15) is 9.18 Å². The highest BCUT2D eigenvalue weighted by Gasteiger charge is 2.32. The molecule has 1 amide bonds. The molecule has 1 aliphatic rings. The number of nitrogens with zero attached hydrogens (tertiary/aromatic N) is 3. The third-order valence-electron chi connectivity index (χ3n) is 6.02. The number of aryl methyl sites for hydroxylation is 1. The van der Waals surface area contributed by atoms with Crippen LogP contribution in [0.3, 0.4) is 0 Å². The molecule has 4 nitrogen and oxygen atoms in total. The highest BCUT2D eigenvalue weighted by molar-refractivity contribution is 8.18. The highest BCUT2D eigenvalue weighted by Crippen LogP contribution is 2.35. The number of carbonyl (C=O) groups excluding carboxylic acids is 1. The number of hydrogen-bond acceptors (Lipinski definition) is 3. The van der Waals surface area contributed by atoms with E-state index in [1.165, 1.54) is 34.7 Å². The number of amides is 1. The minimum absolute atomic E-state index is 0.0664. The average Bonchev–Trinajstić information content (AvgIpc) is 3.29. The molecule has 1 aromatic heterocycles. The van der Waals surface area contributed by atoms with Crippen molar-refractivity contribution in [2.24, 2.45) is 4.99 Å². The van der Waals surface area contributed by atoms with E-state index in [4.69, 9.17) is 0 Å². The summed E-state index contributed by atoms with van der Waals surface area (Å²) in [6.07, 6.45) is 1.95. The fourth-order valence-electron chi connectivity index (χ4n) is 4.35. The van der Waals surface area contributed by atoms with Gasteiger partial charge in [0.2, 0.25) is 0 Å². The van der Waals surface area contributed by atoms with Gasteiger partial charge in [0.15, 0.2) is 5.17 Å². The maximum atomic E-state index is 13.3. The Morgan fingerprint density at radius 3 is 2.50 bits per heavy atom. The van der Waals surface area contributed by atoms with Crippen LogP contribution >= 0.6 is 11.8 Å². The third kappa shape index (κ3) is 3.94. The quantitative estimate of drug-likeness (QED) is 0.302. The van der Waals surface area contributed by atoms with E-state index in [1.807, 2.05) is 19.1 Å². The first kappa shape index (κ1) is 22.2. The van der Waals surface area contributed by atoms with Crippen molar-refractivity contribution >= 4 is 45.4 Å². The van der Waals surface area contributed by atoms with Crippen molar-refractivity contribution in [3.63, 3.8) is 0 Å². The average molecular weight is 470 g/mol. The predicted octanol–water partition coefficient (Wildman–Crippen LogP) is 7.01. The normalized spacial score (nSPS) is 16.4. The van der Waals surface area contributed by atoms with Gasteiger partial charge in [-0.3, -0.25) is 9.69 Å². The smallest absolute Gasteiger partial charge is 0.266 e. The van der Waals surface area contributed by atoms with Gasteiger partial charge in [0.05, 0.1) is 16.3 Å². The second-order valence-electron chi connectivity index (χ2n) is 8.19. The predicted molar refractivity (Wildman–Crippen MR) is 139 cm³/mol. The largest absolute Gasteiger partial charge is 0.317 e. The van der Waals surface area contributed by atoms with Gasteiger partial charge in [0.1, 0.15) is 5.82 Å². The maximum absolute atomic E-state index is 13.3.